The third-order valence-corrected chi connectivity index (χ3v) is 3.34. The minimum Gasteiger partial charge on any atom is -0.497 e. The molecule has 0 fully saturated rings. The fourth-order valence-corrected chi connectivity index (χ4v) is 2.27. The second-order valence-corrected chi connectivity index (χ2v) is 4.76. The van der Waals surface area contributed by atoms with Crippen LogP contribution in [0.15, 0.2) is 59.0 Å². The minimum absolute atomic E-state index is 0.539. The number of methoxy groups -OCH3 is 1. The van der Waals surface area contributed by atoms with Crippen molar-refractivity contribution in [2.24, 2.45) is 0 Å². The van der Waals surface area contributed by atoms with E-state index in [-0.39, 0.29) is 0 Å². The second-order valence-electron chi connectivity index (χ2n) is 4.76. The van der Waals surface area contributed by atoms with Crippen LogP contribution in [0.5, 0.6) is 5.75 Å². The van der Waals surface area contributed by atoms with Gasteiger partial charge in [-0.05, 0) is 29.8 Å². The lowest BCUT2D eigenvalue weighted by molar-refractivity contribution is 0.152. The smallest absolute Gasteiger partial charge is 0.134 e. The van der Waals surface area contributed by atoms with Crippen molar-refractivity contribution in [2.75, 3.05) is 7.11 Å². The molecule has 0 spiro atoms. The lowest BCUT2D eigenvalue weighted by atomic mass is 10.1. The Morgan fingerprint density at radius 3 is 2.65 bits per heavy atom. The van der Waals surface area contributed by atoms with Gasteiger partial charge >= 0.3 is 0 Å². The van der Waals surface area contributed by atoms with Gasteiger partial charge in [-0.2, -0.15) is 0 Å². The number of aliphatic hydroxyl groups is 1. The Hall–Kier alpha value is -2.26. The molecular weight excluding hydrogens is 252 g/mol. The van der Waals surface area contributed by atoms with E-state index in [1.54, 1.807) is 7.11 Å². The first-order valence-electron chi connectivity index (χ1n) is 6.56. The number of hydrogen-bond acceptors (Lipinski definition) is 3. The third kappa shape index (κ3) is 2.53. The molecule has 3 nitrogen and oxygen atoms in total. The molecule has 3 rings (SSSR count). The highest BCUT2D eigenvalue weighted by molar-refractivity contribution is 5.79. The number of ether oxygens (including phenoxy) is 1. The van der Waals surface area contributed by atoms with Crippen LogP contribution in [0.2, 0.25) is 0 Å². The molecule has 3 heteroatoms. The van der Waals surface area contributed by atoms with E-state index in [0.29, 0.717) is 12.2 Å². The number of hydrogen-bond donors (Lipinski definition) is 1. The maximum atomic E-state index is 10.3. The first-order chi connectivity index (χ1) is 9.76. The van der Waals surface area contributed by atoms with E-state index < -0.39 is 6.10 Å². The van der Waals surface area contributed by atoms with E-state index in [1.165, 1.54) is 0 Å². The average Bonchev–Trinajstić information content (AvgIpc) is 2.91. The summed E-state index contributed by atoms with van der Waals surface area (Å²) in [4.78, 5) is 0. The van der Waals surface area contributed by atoms with Crippen LogP contribution in [0.25, 0.3) is 11.0 Å². The molecule has 1 unspecified atom stereocenters. The number of fused-ring (bicyclic) bond motifs is 1. The summed E-state index contributed by atoms with van der Waals surface area (Å²) in [6, 6.07) is 17.3. The minimum atomic E-state index is -0.643. The molecule has 1 atom stereocenters. The number of furan rings is 1. The molecule has 0 radical (unpaired) electrons. The molecule has 20 heavy (non-hydrogen) atoms. The summed E-state index contributed by atoms with van der Waals surface area (Å²) in [5.74, 6) is 1.36. The van der Waals surface area contributed by atoms with E-state index in [2.05, 4.69) is 0 Å². The van der Waals surface area contributed by atoms with Crippen LogP contribution < -0.4 is 4.74 Å². The maximum absolute atomic E-state index is 10.3. The van der Waals surface area contributed by atoms with Gasteiger partial charge in [0.1, 0.15) is 23.2 Å². The van der Waals surface area contributed by atoms with Gasteiger partial charge < -0.3 is 14.3 Å². The summed E-state index contributed by atoms with van der Waals surface area (Å²) in [5.41, 5.74) is 1.84. The zero-order valence-electron chi connectivity index (χ0n) is 11.2. The molecule has 0 saturated heterocycles. The van der Waals surface area contributed by atoms with Crippen LogP contribution in [-0.4, -0.2) is 12.2 Å². The van der Waals surface area contributed by atoms with Gasteiger partial charge in [0.05, 0.1) is 7.11 Å². The number of benzene rings is 2. The van der Waals surface area contributed by atoms with E-state index in [1.807, 2.05) is 54.6 Å². The lowest BCUT2D eigenvalue weighted by Gasteiger charge is -2.07. The zero-order valence-corrected chi connectivity index (χ0v) is 11.2. The van der Waals surface area contributed by atoms with E-state index in [4.69, 9.17) is 9.15 Å². The van der Waals surface area contributed by atoms with Crippen molar-refractivity contribution in [2.45, 2.75) is 12.5 Å². The van der Waals surface area contributed by atoms with Gasteiger partial charge in [-0.15, -0.1) is 0 Å². The highest BCUT2D eigenvalue weighted by Crippen LogP contribution is 2.28. The molecule has 3 aromatic rings. The van der Waals surface area contributed by atoms with Crippen LogP contribution in [0.1, 0.15) is 17.4 Å². The highest BCUT2D eigenvalue weighted by atomic mass is 16.5. The van der Waals surface area contributed by atoms with Crippen molar-refractivity contribution in [1.82, 2.24) is 0 Å². The molecule has 1 aromatic heterocycles. The summed E-state index contributed by atoms with van der Waals surface area (Å²) >= 11 is 0. The summed E-state index contributed by atoms with van der Waals surface area (Å²) < 4.78 is 10.9. The van der Waals surface area contributed by atoms with Crippen LogP contribution >= 0.6 is 0 Å². The van der Waals surface area contributed by atoms with Crippen LogP contribution in [-0.2, 0) is 6.42 Å². The van der Waals surface area contributed by atoms with Gasteiger partial charge in [0.25, 0.3) is 0 Å². The van der Waals surface area contributed by atoms with Crippen molar-refractivity contribution in [3.05, 3.63) is 65.9 Å². The van der Waals surface area contributed by atoms with Crippen LogP contribution in [0.4, 0.5) is 0 Å². The van der Waals surface area contributed by atoms with Gasteiger partial charge in [0.15, 0.2) is 0 Å². The Bertz CT molecular complexity index is 701. The van der Waals surface area contributed by atoms with Gasteiger partial charge in [-0.3, -0.25) is 0 Å². The normalized spacial score (nSPS) is 12.5. The van der Waals surface area contributed by atoms with E-state index in [9.17, 15) is 5.11 Å². The topological polar surface area (TPSA) is 42.6 Å². The summed E-state index contributed by atoms with van der Waals surface area (Å²) in [6.45, 7) is 0. The summed E-state index contributed by atoms with van der Waals surface area (Å²) in [7, 11) is 1.63. The molecule has 0 amide bonds. The summed E-state index contributed by atoms with van der Waals surface area (Å²) in [6.07, 6.45) is -0.103. The molecule has 102 valence electrons. The molecule has 0 aliphatic carbocycles. The van der Waals surface area contributed by atoms with Crippen molar-refractivity contribution >= 4 is 11.0 Å². The molecule has 1 N–H and O–H groups in total. The molecule has 0 saturated carbocycles. The second kappa shape index (κ2) is 5.39. The SMILES string of the molecule is COc1ccc2oc(C(O)Cc3ccccc3)cc2c1. The number of aliphatic hydroxyl groups excluding tert-OH is 1. The van der Waals surface area contributed by atoms with Crippen molar-refractivity contribution < 1.29 is 14.3 Å². The first kappa shape index (κ1) is 12.8. The lowest BCUT2D eigenvalue weighted by Crippen LogP contribution is -1.99. The van der Waals surface area contributed by atoms with Crippen LogP contribution in [0.3, 0.4) is 0 Å². The Morgan fingerprint density at radius 1 is 1.10 bits per heavy atom. The molecule has 1 heterocycles. The monoisotopic (exact) mass is 268 g/mol. The molecule has 0 aliphatic heterocycles. The van der Waals surface area contributed by atoms with Gasteiger partial charge in [-0.1, -0.05) is 30.3 Å². The zero-order chi connectivity index (χ0) is 13.9. The summed E-state index contributed by atoms with van der Waals surface area (Å²) in [5, 5.41) is 11.2. The van der Waals surface area contributed by atoms with Gasteiger partial charge in [-0.25, -0.2) is 0 Å². The Labute approximate surface area is 117 Å². The molecule has 0 bridgehead atoms. The molecule has 0 aliphatic rings. The van der Waals surface area contributed by atoms with Gasteiger partial charge in [0, 0.05) is 11.8 Å². The fourth-order valence-electron chi connectivity index (χ4n) is 2.27. The molecule has 2 aromatic carbocycles. The van der Waals surface area contributed by atoms with Crippen molar-refractivity contribution in [3.8, 4) is 5.75 Å². The fraction of sp³-hybridized carbons (Fsp3) is 0.176. The standard InChI is InChI=1S/C17H16O3/c1-19-14-7-8-16-13(10-14)11-17(20-16)15(18)9-12-5-3-2-4-6-12/h2-8,10-11,15,18H,9H2,1H3. The van der Waals surface area contributed by atoms with E-state index >= 15 is 0 Å². The Kier molecular flexibility index (Phi) is 3.44. The predicted octanol–water partition coefficient (Wildman–Crippen LogP) is 3.72. The van der Waals surface area contributed by atoms with Gasteiger partial charge in [0.2, 0.25) is 0 Å². The Morgan fingerprint density at radius 2 is 1.90 bits per heavy atom. The van der Waals surface area contributed by atoms with E-state index in [0.717, 1.165) is 22.3 Å². The van der Waals surface area contributed by atoms with Crippen molar-refractivity contribution in [3.63, 3.8) is 0 Å². The third-order valence-electron chi connectivity index (χ3n) is 3.34. The molecular formula is C17H16O3. The Balaban J connectivity index is 1.86. The number of rotatable bonds is 4. The van der Waals surface area contributed by atoms with Crippen LogP contribution in [0, 0.1) is 0 Å². The average molecular weight is 268 g/mol. The highest BCUT2D eigenvalue weighted by Gasteiger charge is 2.14. The maximum Gasteiger partial charge on any atom is 0.134 e. The predicted molar refractivity (Wildman–Crippen MR) is 77.9 cm³/mol. The quantitative estimate of drug-likeness (QED) is 0.784. The van der Waals surface area contributed by atoms with Crippen molar-refractivity contribution in [1.29, 1.82) is 0 Å². The largest absolute Gasteiger partial charge is 0.497 e. The first-order valence-corrected chi connectivity index (χ1v) is 6.56.